The van der Waals surface area contributed by atoms with Crippen molar-refractivity contribution in [3.63, 3.8) is 0 Å². The largest absolute Gasteiger partial charge is 0.454 e. The summed E-state index contributed by atoms with van der Waals surface area (Å²) < 4.78 is 10.8. The van der Waals surface area contributed by atoms with Crippen LogP contribution >= 0.6 is 11.6 Å². The lowest BCUT2D eigenvalue weighted by Crippen LogP contribution is -2.17. The van der Waals surface area contributed by atoms with Gasteiger partial charge in [0, 0.05) is 12.1 Å². The third-order valence-corrected chi connectivity index (χ3v) is 4.47. The summed E-state index contributed by atoms with van der Waals surface area (Å²) in [5, 5.41) is 4.24. The molecule has 0 aromatic heterocycles. The number of hydrogen-bond acceptors (Lipinski definition) is 3. The summed E-state index contributed by atoms with van der Waals surface area (Å²) in [6.45, 7) is 0.265. The molecule has 21 heavy (non-hydrogen) atoms. The number of rotatable bonds is 2. The van der Waals surface area contributed by atoms with Crippen LogP contribution in [0.1, 0.15) is 30.0 Å². The molecule has 2 aromatic rings. The molecule has 1 unspecified atom stereocenters. The fraction of sp³-hybridized carbons (Fsp3) is 0.294. The first-order valence-corrected chi connectivity index (χ1v) is 7.62. The quantitative estimate of drug-likeness (QED) is 0.882. The molecule has 0 saturated heterocycles. The summed E-state index contributed by atoms with van der Waals surface area (Å²) in [7, 11) is 0. The van der Waals surface area contributed by atoms with Crippen LogP contribution in [0.3, 0.4) is 0 Å². The Morgan fingerprint density at radius 3 is 2.81 bits per heavy atom. The van der Waals surface area contributed by atoms with Crippen LogP contribution in [0.2, 0.25) is 5.02 Å². The highest BCUT2D eigenvalue weighted by Gasteiger charge is 2.22. The van der Waals surface area contributed by atoms with Crippen LogP contribution in [0, 0.1) is 0 Å². The van der Waals surface area contributed by atoms with Crippen LogP contribution in [0.5, 0.6) is 11.5 Å². The summed E-state index contributed by atoms with van der Waals surface area (Å²) in [5.41, 5.74) is 3.71. The van der Waals surface area contributed by atoms with Crippen molar-refractivity contribution in [3.8, 4) is 11.5 Å². The van der Waals surface area contributed by atoms with Crippen LogP contribution in [0.25, 0.3) is 0 Å². The molecule has 0 amide bonds. The van der Waals surface area contributed by atoms with Crippen molar-refractivity contribution in [2.45, 2.75) is 25.3 Å². The predicted molar refractivity (Wildman–Crippen MR) is 83.3 cm³/mol. The minimum absolute atomic E-state index is 0.265. The van der Waals surface area contributed by atoms with Crippen molar-refractivity contribution < 1.29 is 9.47 Å². The maximum absolute atomic E-state index is 6.36. The van der Waals surface area contributed by atoms with E-state index in [0.29, 0.717) is 11.1 Å². The third-order valence-electron chi connectivity index (χ3n) is 4.16. The topological polar surface area (TPSA) is 30.5 Å². The van der Waals surface area contributed by atoms with E-state index in [4.69, 9.17) is 21.1 Å². The van der Waals surface area contributed by atoms with Gasteiger partial charge in [-0.3, -0.25) is 0 Å². The number of aryl methyl sites for hydroxylation is 1. The number of nitrogens with one attached hydrogen (secondary N) is 1. The van der Waals surface area contributed by atoms with Crippen molar-refractivity contribution in [1.82, 2.24) is 0 Å². The molecule has 0 radical (unpaired) electrons. The zero-order valence-electron chi connectivity index (χ0n) is 11.6. The van der Waals surface area contributed by atoms with E-state index in [1.165, 1.54) is 17.5 Å². The summed E-state index contributed by atoms with van der Waals surface area (Å²) in [4.78, 5) is 0. The fourth-order valence-electron chi connectivity index (χ4n) is 3.12. The van der Waals surface area contributed by atoms with Gasteiger partial charge < -0.3 is 14.8 Å². The second-order valence-corrected chi connectivity index (χ2v) is 5.88. The summed E-state index contributed by atoms with van der Waals surface area (Å²) in [6, 6.07) is 12.7. The second-order valence-electron chi connectivity index (χ2n) is 5.47. The van der Waals surface area contributed by atoms with Gasteiger partial charge in [0.1, 0.15) is 0 Å². The normalized spacial score (nSPS) is 19.2. The fourth-order valence-corrected chi connectivity index (χ4v) is 3.33. The molecule has 0 saturated carbocycles. The average Bonchev–Trinajstić information content (AvgIpc) is 2.95. The molecular weight excluding hydrogens is 286 g/mol. The minimum atomic E-state index is 0.265. The van der Waals surface area contributed by atoms with Gasteiger partial charge in [-0.2, -0.15) is 0 Å². The van der Waals surface area contributed by atoms with E-state index in [1.807, 2.05) is 12.1 Å². The predicted octanol–water partition coefficient (Wildman–Crippen LogP) is 4.56. The Hall–Kier alpha value is -1.87. The average molecular weight is 302 g/mol. The smallest absolute Gasteiger partial charge is 0.231 e. The molecule has 1 N–H and O–H groups in total. The van der Waals surface area contributed by atoms with Crippen molar-refractivity contribution in [2.75, 3.05) is 12.1 Å². The first-order valence-electron chi connectivity index (χ1n) is 7.25. The molecule has 4 rings (SSSR count). The summed E-state index contributed by atoms with van der Waals surface area (Å²) >= 11 is 6.36. The van der Waals surface area contributed by atoms with Gasteiger partial charge in [0.05, 0.1) is 16.8 Å². The van der Waals surface area contributed by atoms with Crippen molar-refractivity contribution in [1.29, 1.82) is 0 Å². The Morgan fingerprint density at radius 2 is 1.90 bits per heavy atom. The van der Waals surface area contributed by atoms with Gasteiger partial charge in [-0.15, -0.1) is 0 Å². The van der Waals surface area contributed by atoms with Crippen LogP contribution in [-0.4, -0.2) is 6.79 Å². The zero-order valence-corrected chi connectivity index (χ0v) is 12.3. The van der Waals surface area contributed by atoms with E-state index in [1.54, 1.807) is 0 Å². The Morgan fingerprint density at radius 1 is 1.10 bits per heavy atom. The molecule has 1 aliphatic carbocycles. The Bertz CT molecular complexity index is 686. The lowest BCUT2D eigenvalue weighted by Gasteiger charge is -2.27. The summed E-state index contributed by atoms with van der Waals surface area (Å²) in [6.07, 6.45) is 3.46. The molecule has 0 bridgehead atoms. The highest BCUT2D eigenvalue weighted by atomic mass is 35.5. The molecule has 4 heteroatoms. The van der Waals surface area contributed by atoms with E-state index in [-0.39, 0.29) is 6.79 Å². The van der Waals surface area contributed by atoms with E-state index in [9.17, 15) is 0 Å². The molecule has 1 aliphatic heterocycles. The molecule has 2 aliphatic rings. The highest BCUT2D eigenvalue weighted by molar-refractivity contribution is 6.33. The highest BCUT2D eigenvalue weighted by Crippen LogP contribution is 2.41. The molecule has 108 valence electrons. The number of benzene rings is 2. The molecule has 0 spiro atoms. The van der Waals surface area contributed by atoms with E-state index in [0.717, 1.165) is 30.0 Å². The van der Waals surface area contributed by atoms with Crippen LogP contribution < -0.4 is 14.8 Å². The standard InChI is InChI=1S/C17H16ClNO2/c18-13-8-16-17(21-10-20-16)9-15(13)19-14-7-3-5-11-4-1-2-6-12(11)14/h1-2,4,6,8-9,14,19H,3,5,7,10H2. The minimum Gasteiger partial charge on any atom is -0.454 e. The van der Waals surface area contributed by atoms with Gasteiger partial charge in [-0.1, -0.05) is 35.9 Å². The second kappa shape index (κ2) is 5.15. The monoisotopic (exact) mass is 301 g/mol. The van der Waals surface area contributed by atoms with Gasteiger partial charge in [0.15, 0.2) is 11.5 Å². The SMILES string of the molecule is Clc1cc2c(cc1NC1CCCc3ccccc31)OCO2. The maximum Gasteiger partial charge on any atom is 0.231 e. The maximum atomic E-state index is 6.36. The lowest BCUT2D eigenvalue weighted by molar-refractivity contribution is 0.174. The van der Waals surface area contributed by atoms with Crippen LogP contribution in [0.4, 0.5) is 5.69 Å². The number of halogens is 1. The first kappa shape index (κ1) is 12.8. The zero-order chi connectivity index (χ0) is 14.2. The van der Waals surface area contributed by atoms with Gasteiger partial charge in [-0.05, 0) is 30.4 Å². The molecule has 3 nitrogen and oxygen atoms in total. The lowest BCUT2D eigenvalue weighted by atomic mass is 9.87. The first-order chi connectivity index (χ1) is 10.3. The van der Waals surface area contributed by atoms with Gasteiger partial charge in [-0.25, -0.2) is 0 Å². The third kappa shape index (κ3) is 2.32. The Balaban J connectivity index is 1.65. The van der Waals surface area contributed by atoms with Crippen LogP contribution in [0.15, 0.2) is 36.4 Å². The van der Waals surface area contributed by atoms with Crippen LogP contribution in [-0.2, 0) is 6.42 Å². The molecule has 1 atom stereocenters. The van der Waals surface area contributed by atoms with E-state index < -0.39 is 0 Å². The molecule has 2 aromatic carbocycles. The summed E-state index contributed by atoms with van der Waals surface area (Å²) in [5.74, 6) is 1.47. The molecular formula is C17H16ClNO2. The van der Waals surface area contributed by atoms with E-state index >= 15 is 0 Å². The van der Waals surface area contributed by atoms with E-state index in [2.05, 4.69) is 29.6 Å². The van der Waals surface area contributed by atoms with Crippen molar-refractivity contribution >= 4 is 17.3 Å². The number of fused-ring (bicyclic) bond motifs is 2. The van der Waals surface area contributed by atoms with Gasteiger partial charge >= 0.3 is 0 Å². The van der Waals surface area contributed by atoms with Gasteiger partial charge in [0.25, 0.3) is 0 Å². The van der Waals surface area contributed by atoms with Gasteiger partial charge in [0.2, 0.25) is 6.79 Å². The molecule has 0 fully saturated rings. The van der Waals surface area contributed by atoms with Crippen molar-refractivity contribution in [3.05, 3.63) is 52.5 Å². The number of anilines is 1. The Kier molecular flexibility index (Phi) is 3.15. The molecule has 1 heterocycles. The number of ether oxygens (including phenoxy) is 2. The van der Waals surface area contributed by atoms with Crippen molar-refractivity contribution in [2.24, 2.45) is 0 Å². The Labute approximate surface area is 128 Å². The number of hydrogen-bond donors (Lipinski definition) is 1.